The Morgan fingerprint density at radius 3 is 2.88 bits per heavy atom. The molecule has 1 aliphatic heterocycles. The van der Waals surface area contributed by atoms with E-state index < -0.39 is 0 Å². The van der Waals surface area contributed by atoms with Crippen LogP contribution in [-0.2, 0) is 4.74 Å². The predicted molar refractivity (Wildman–Crippen MR) is 98.7 cm³/mol. The number of nitrogens with zero attached hydrogens (tertiary/aromatic N) is 3. The van der Waals surface area contributed by atoms with Crippen LogP contribution in [0.5, 0.6) is 5.75 Å². The number of para-hydroxylation sites is 2. The van der Waals surface area contributed by atoms with Gasteiger partial charge in [-0.05, 0) is 12.1 Å². The van der Waals surface area contributed by atoms with E-state index in [1.54, 1.807) is 25.3 Å². The third kappa shape index (κ3) is 4.90. The monoisotopic (exact) mass is 357 g/mol. The molecule has 0 aliphatic carbocycles. The van der Waals surface area contributed by atoms with Crippen molar-refractivity contribution in [2.45, 2.75) is 0 Å². The van der Waals surface area contributed by atoms with E-state index >= 15 is 0 Å². The average molecular weight is 357 g/mol. The van der Waals surface area contributed by atoms with Crippen LogP contribution in [0.3, 0.4) is 0 Å². The first-order valence-electron chi connectivity index (χ1n) is 8.56. The molecule has 1 aliphatic rings. The van der Waals surface area contributed by atoms with E-state index in [0.29, 0.717) is 22.9 Å². The van der Waals surface area contributed by atoms with Gasteiger partial charge in [0.15, 0.2) is 0 Å². The van der Waals surface area contributed by atoms with Gasteiger partial charge < -0.3 is 20.1 Å². The lowest BCUT2D eigenvalue weighted by Crippen LogP contribution is -2.39. The molecule has 8 nitrogen and oxygen atoms in total. The number of ether oxygens (including phenoxy) is 2. The molecule has 2 N–H and O–H groups in total. The molecule has 1 fully saturated rings. The summed E-state index contributed by atoms with van der Waals surface area (Å²) in [6.07, 6.45) is 1.38. The number of nitrogens with one attached hydrogen (secondary N) is 2. The van der Waals surface area contributed by atoms with Gasteiger partial charge in [-0.1, -0.05) is 12.1 Å². The van der Waals surface area contributed by atoms with Gasteiger partial charge in [0.25, 0.3) is 5.91 Å². The lowest BCUT2D eigenvalue weighted by atomic mass is 10.2. The standard InChI is InChI=1S/C18H23N5O3/c1-25-16-5-3-2-4-14(16)22-18(24)15-12-17(21-13-20-15)19-6-7-23-8-10-26-11-9-23/h2-5,12-13H,6-11H2,1H3,(H,22,24)(H,19,20,21). The van der Waals surface area contributed by atoms with Crippen LogP contribution in [0.2, 0.25) is 0 Å². The number of benzene rings is 1. The van der Waals surface area contributed by atoms with Gasteiger partial charge in [-0.15, -0.1) is 0 Å². The van der Waals surface area contributed by atoms with Crippen LogP contribution in [0.1, 0.15) is 10.5 Å². The first kappa shape index (κ1) is 18.1. The Morgan fingerprint density at radius 1 is 1.27 bits per heavy atom. The number of carbonyl (C=O) groups is 1. The first-order valence-corrected chi connectivity index (χ1v) is 8.56. The second-order valence-corrected chi connectivity index (χ2v) is 5.82. The molecule has 1 aromatic heterocycles. The van der Waals surface area contributed by atoms with E-state index in [1.165, 1.54) is 6.33 Å². The molecule has 0 spiro atoms. The summed E-state index contributed by atoms with van der Waals surface area (Å²) < 4.78 is 10.6. The van der Waals surface area contributed by atoms with Crippen LogP contribution < -0.4 is 15.4 Å². The van der Waals surface area contributed by atoms with Gasteiger partial charge in [-0.25, -0.2) is 9.97 Å². The molecule has 26 heavy (non-hydrogen) atoms. The Balaban J connectivity index is 1.56. The topological polar surface area (TPSA) is 88.6 Å². The molecule has 8 heteroatoms. The normalized spacial score (nSPS) is 14.7. The summed E-state index contributed by atoms with van der Waals surface area (Å²) in [6.45, 7) is 5.08. The van der Waals surface area contributed by atoms with Crippen molar-refractivity contribution >= 4 is 17.4 Å². The largest absolute Gasteiger partial charge is 0.495 e. The maximum Gasteiger partial charge on any atom is 0.274 e. The molecule has 1 amide bonds. The number of hydrogen-bond acceptors (Lipinski definition) is 7. The number of rotatable bonds is 7. The Kier molecular flexibility index (Phi) is 6.34. The highest BCUT2D eigenvalue weighted by Crippen LogP contribution is 2.23. The number of amides is 1. The number of methoxy groups -OCH3 is 1. The zero-order valence-electron chi connectivity index (χ0n) is 14.8. The van der Waals surface area contributed by atoms with Crippen LogP contribution in [0.25, 0.3) is 0 Å². The SMILES string of the molecule is COc1ccccc1NC(=O)c1cc(NCCN2CCOCC2)ncn1. The van der Waals surface area contributed by atoms with Gasteiger partial charge in [-0.3, -0.25) is 9.69 Å². The highest BCUT2D eigenvalue weighted by atomic mass is 16.5. The molecule has 2 aromatic rings. The summed E-state index contributed by atoms with van der Waals surface area (Å²) >= 11 is 0. The van der Waals surface area contributed by atoms with Gasteiger partial charge in [-0.2, -0.15) is 0 Å². The zero-order valence-corrected chi connectivity index (χ0v) is 14.8. The molecular weight excluding hydrogens is 334 g/mol. The predicted octanol–water partition coefficient (Wildman–Crippen LogP) is 1.48. The summed E-state index contributed by atoms with van der Waals surface area (Å²) in [4.78, 5) is 23.0. The van der Waals surface area contributed by atoms with Crippen molar-refractivity contribution in [1.29, 1.82) is 0 Å². The number of aromatic nitrogens is 2. The van der Waals surface area contributed by atoms with Gasteiger partial charge in [0.05, 0.1) is 26.0 Å². The molecule has 0 radical (unpaired) electrons. The second-order valence-electron chi connectivity index (χ2n) is 5.82. The first-order chi connectivity index (χ1) is 12.8. The van der Waals surface area contributed by atoms with Crippen LogP contribution in [0.15, 0.2) is 36.7 Å². The summed E-state index contributed by atoms with van der Waals surface area (Å²) in [5.74, 6) is 0.908. The maximum atomic E-state index is 12.4. The van der Waals surface area contributed by atoms with E-state index in [1.807, 2.05) is 12.1 Å². The minimum absolute atomic E-state index is 0.291. The van der Waals surface area contributed by atoms with Gasteiger partial charge in [0.1, 0.15) is 23.6 Å². The Hall–Kier alpha value is -2.71. The number of morpholine rings is 1. The smallest absolute Gasteiger partial charge is 0.274 e. The molecule has 0 bridgehead atoms. The quantitative estimate of drug-likeness (QED) is 0.776. The van der Waals surface area contributed by atoms with Crippen molar-refractivity contribution in [1.82, 2.24) is 14.9 Å². The van der Waals surface area contributed by atoms with Gasteiger partial charge in [0, 0.05) is 32.2 Å². The highest BCUT2D eigenvalue weighted by Gasteiger charge is 2.12. The third-order valence-electron chi connectivity index (χ3n) is 4.09. The van der Waals surface area contributed by atoms with E-state index in [4.69, 9.17) is 9.47 Å². The lowest BCUT2D eigenvalue weighted by Gasteiger charge is -2.26. The van der Waals surface area contributed by atoms with Crippen molar-refractivity contribution < 1.29 is 14.3 Å². The van der Waals surface area contributed by atoms with E-state index in [9.17, 15) is 4.79 Å². The fourth-order valence-corrected chi connectivity index (χ4v) is 2.68. The lowest BCUT2D eigenvalue weighted by molar-refractivity contribution is 0.0398. The van der Waals surface area contributed by atoms with Crippen molar-refractivity contribution in [3.8, 4) is 5.75 Å². The molecule has 1 aromatic carbocycles. The van der Waals surface area contributed by atoms with Crippen molar-refractivity contribution in [3.63, 3.8) is 0 Å². The fraction of sp³-hybridized carbons (Fsp3) is 0.389. The maximum absolute atomic E-state index is 12.4. The summed E-state index contributed by atoms with van der Waals surface area (Å²) in [5, 5.41) is 6.04. The molecule has 3 rings (SSSR count). The third-order valence-corrected chi connectivity index (χ3v) is 4.09. The van der Waals surface area contributed by atoms with Crippen molar-refractivity contribution in [3.05, 3.63) is 42.4 Å². The van der Waals surface area contributed by atoms with Gasteiger partial charge in [0.2, 0.25) is 0 Å². The molecule has 138 valence electrons. The highest BCUT2D eigenvalue weighted by molar-refractivity contribution is 6.04. The molecule has 0 atom stereocenters. The fourth-order valence-electron chi connectivity index (χ4n) is 2.68. The zero-order chi connectivity index (χ0) is 18.2. The molecule has 2 heterocycles. The second kappa shape index (κ2) is 9.12. The summed E-state index contributed by atoms with van der Waals surface area (Å²) in [7, 11) is 1.56. The minimum atomic E-state index is -0.312. The van der Waals surface area contributed by atoms with Crippen LogP contribution in [-0.4, -0.2) is 67.3 Å². The average Bonchev–Trinajstić information content (AvgIpc) is 2.69. The number of hydrogen-bond donors (Lipinski definition) is 2. The molecule has 0 saturated carbocycles. The summed E-state index contributed by atoms with van der Waals surface area (Å²) in [5.41, 5.74) is 0.889. The van der Waals surface area contributed by atoms with E-state index in [2.05, 4.69) is 25.5 Å². The molecule has 0 unspecified atom stereocenters. The number of carbonyl (C=O) groups excluding carboxylic acids is 1. The Morgan fingerprint density at radius 2 is 2.08 bits per heavy atom. The van der Waals surface area contributed by atoms with Crippen LogP contribution in [0.4, 0.5) is 11.5 Å². The Bertz CT molecular complexity index is 734. The van der Waals surface area contributed by atoms with Crippen molar-refractivity contribution in [2.75, 3.05) is 57.1 Å². The molecular formula is C18H23N5O3. The number of anilines is 2. The van der Waals surface area contributed by atoms with Crippen LogP contribution >= 0.6 is 0 Å². The minimum Gasteiger partial charge on any atom is -0.495 e. The van der Waals surface area contributed by atoms with E-state index in [-0.39, 0.29) is 5.91 Å². The summed E-state index contributed by atoms with van der Waals surface area (Å²) in [6, 6.07) is 8.88. The van der Waals surface area contributed by atoms with Gasteiger partial charge >= 0.3 is 0 Å². The Labute approximate surface area is 152 Å². The molecule has 1 saturated heterocycles. The van der Waals surface area contributed by atoms with E-state index in [0.717, 1.165) is 39.4 Å². The van der Waals surface area contributed by atoms with Crippen molar-refractivity contribution in [2.24, 2.45) is 0 Å². The van der Waals surface area contributed by atoms with Crippen LogP contribution in [0, 0.1) is 0 Å².